The summed E-state index contributed by atoms with van der Waals surface area (Å²) < 4.78 is 3.30. The molecule has 3 heteroatoms. The monoisotopic (exact) mass is 276 g/mol. The van der Waals surface area contributed by atoms with Gasteiger partial charge in [0.2, 0.25) is 0 Å². The van der Waals surface area contributed by atoms with Crippen LogP contribution in [0.3, 0.4) is 0 Å². The van der Waals surface area contributed by atoms with Crippen molar-refractivity contribution < 1.29 is 0 Å². The van der Waals surface area contributed by atoms with Gasteiger partial charge in [-0.25, -0.2) is 0 Å². The Kier molecular flexibility index (Phi) is 2.39. The van der Waals surface area contributed by atoms with Gasteiger partial charge in [-0.05, 0) is 47.3 Å². The van der Waals surface area contributed by atoms with Gasteiger partial charge < -0.3 is 0 Å². The van der Waals surface area contributed by atoms with Crippen molar-refractivity contribution in [3.63, 3.8) is 0 Å². The van der Waals surface area contributed by atoms with Gasteiger partial charge in [0.1, 0.15) is 0 Å². The molecule has 1 aliphatic carbocycles. The highest BCUT2D eigenvalue weighted by atomic mass is 127. The van der Waals surface area contributed by atoms with Crippen LogP contribution in [0.25, 0.3) is 0 Å². The van der Waals surface area contributed by atoms with Crippen LogP contribution >= 0.6 is 22.6 Å². The molecule has 1 fully saturated rings. The maximum absolute atomic E-state index is 4.27. The van der Waals surface area contributed by atoms with Crippen LogP contribution in [0.2, 0.25) is 0 Å². The van der Waals surface area contributed by atoms with Crippen LogP contribution in [0, 0.1) is 15.4 Å². The molecular weight excluding hydrogens is 263 g/mol. The lowest BCUT2D eigenvalue weighted by Gasteiger charge is -2.32. The quantitative estimate of drug-likeness (QED) is 0.759. The minimum Gasteiger partial charge on any atom is -0.271 e. The first-order chi connectivity index (χ1) is 5.74. The lowest BCUT2D eigenvalue weighted by atomic mass is 9.76. The van der Waals surface area contributed by atoms with Crippen molar-refractivity contribution in [1.29, 1.82) is 0 Å². The minimum atomic E-state index is 0.885. The molecule has 2 rings (SSSR count). The lowest BCUT2D eigenvalue weighted by Crippen LogP contribution is -2.25. The normalized spacial score (nSPS) is 28.5. The zero-order valence-corrected chi connectivity index (χ0v) is 9.36. The Labute approximate surface area is 86.5 Å². The van der Waals surface area contributed by atoms with E-state index in [1.807, 2.05) is 6.20 Å². The Balaban J connectivity index is 1.88. The number of halogens is 1. The second kappa shape index (κ2) is 3.36. The number of hydrogen-bond donors (Lipinski definition) is 0. The molecule has 0 saturated heterocycles. The summed E-state index contributed by atoms with van der Waals surface area (Å²) in [5.74, 6) is 1.83. The van der Waals surface area contributed by atoms with Crippen LogP contribution in [0.5, 0.6) is 0 Å². The van der Waals surface area contributed by atoms with Crippen molar-refractivity contribution in [1.82, 2.24) is 9.78 Å². The number of rotatable bonds is 2. The number of aromatic nitrogens is 2. The molecule has 66 valence electrons. The van der Waals surface area contributed by atoms with Gasteiger partial charge in [0.05, 0.1) is 9.77 Å². The Morgan fingerprint density at radius 1 is 1.67 bits per heavy atom. The molecule has 0 amide bonds. The standard InChI is InChI=1S/C9H13IN2/c1-7-2-8(3-7)5-12-6-9(10)4-11-12/h4,6-8H,2-3,5H2,1H3. The molecular formula is C9H13IN2. The SMILES string of the molecule is CC1CC(Cn2cc(I)cn2)C1. The van der Waals surface area contributed by atoms with E-state index < -0.39 is 0 Å². The van der Waals surface area contributed by atoms with Crippen LogP contribution in [-0.4, -0.2) is 9.78 Å². The highest BCUT2D eigenvalue weighted by Crippen LogP contribution is 2.33. The van der Waals surface area contributed by atoms with E-state index in [0.717, 1.165) is 18.4 Å². The van der Waals surface area contributed by atoms with Gasteiger partial charge in [0.15, 0.2) is 0 Å². The average molecular weight is 276 g/mol. The predicted molar refractivity (Wildman–Crippen MR) is 56.8 cm³/mol. The first kappa shape index (κ1) is 8.53. The summed E-state index contributed by atoms with van der Waals surface area (Å²) in [5, 5.41) is 4.27. The molecule has 0 aliphatic heterocycles. The predicted octanol–water partition coefficient (Wildman–Crippen LogP) is 2.53. The summed E-state index contributed by atoms with van der Waals surface area (Å²) in [5.41, 5.74) is 0. The van der Waals surface area contributed by atoms with E-state index >= 15 is 0 Å². The smallest absolute Gasteiger partial charge is 0.0623 e. The van der Waals surface area contributed by atoms with E-state index in [0.29, 0.717) is 0 Å². The maximum atomic E-state index is 4.27. The molecule has 0 unspecified atom stereocenters. The van der Waals surface area contributed by atoms with Crippen molar-refractivity contribution in [3.05, 3.63) is 16.0 Å². The summed E-state index contributed by atoms with van der Waals surface area (Å²) in [6.45, 7) is 3.44. The Morgan fingerprint density at radius 3 is 2.92 bits per heavy atom. The Hall–Kier alpha value is -0.0600. The molecule has 1 aromatic heterocycles. The molecule has 0 N–H and O–H groups in total. The van der Waals surface area contributed by atoms with Crippen LogP contribution < -0.4 is 0 Å². The summed E-state index contributed by atoms with van der Waals surface area (Å²) in [7, 11) is 0. The third-order valence-electron chi connectivity index (χ3n) is 2.52. The number of nitrogens with zero attached hydrogens (tertiary/aromatic N) is 2. The van der Waals surface area contributed by atoms with Gasteiger partial charge in [-0.15, -0.1) is 0 Å². The summed E-state index contributed by atoms with van der Waals surface area (Å²) in [6, 6.07) is 0. The van der Waals surface area contributed by atoms with Crippen molar-refractivity contribution in [2.24, 2.45) is 11.8 Å². The van der Waals surface area contributed by atoms with E-state index in [9.17, 15) is 0 Å². The van der Waals surface area contributed by atoms with Gasteiger partial charge in [-0.1, -0.05) is 6.92 Å². The van der Waals surface area contributed by atoms with Gasteiger partial charge in [-0.3, -0.25) is 4.68 Å². The van der Waals surface area contributed by atoms with E-state index in [4.69, 9.17) is 0 Å². The van der Waals surface area contributed by atoms with Gasteiger partial charge in [0.25, 0.3) is 0 Å². The van der Waals surface area contributed by atoms with Gasteiger partial charge in [-0.2, -0.15) is 5.10 Å². The third-order valence-corrected chi connectivity index (χ3v) is 3.08. The van der Waals surface area contributed by atoms with Gasteiger partial charge in [0, 0.05) is 12.7 Å². The molecule has 1 saturated carbocycles. The fourth-order valence-corrected chi connectivity index (χ4v) is 2.37. The molecule has 0 radical (unpaired) electrons. The zero-order valence-electron chi connectivity index (χ0n) is 7.20. The molecule has 0 spiro atoms. The third kappa shape index (κ3) is 1.81. The first-order valence-corrected chi connectivity index (χ1v) is 5.50. The van der Waals surface area contributed by atoms with Crippen LogP contribution in [0.1, 0.15) is 19.8 Å². The summed E-state index contributed by atoms with van der Waals surface area (Å²) in [4.78, 5) is 0. The fraction of sp³-hybridized carbons (Fsp3) is 0.667. The minimum absolute atomic E-state index is 0.885. The molecule has 1 aromatic rings. The highest BCUT2D eigenvalue weighted by Gasteiger charge is 2.25. The van der Waals surface area contributed by atoms with Crippen LogP contribution in [-0.2, 0) is 6.54 Å². The molecule has 1 aliphatic rings. The second-order valence-corrected chi connectivity index (χ2v) is 5.07. The number of hydrogen-bond acceptors (Lipinski definition) is 1. The lowest BCUT2D eigenvalue weighted by molar-refractivity contribution is 0.182. The van der Waals surface area contributed by atoms with Crippen molar-refractivity contribution in [2.75, 3.05) is 0 Å². The molecule has 1 heterocycles. The summed E-state index contributed by atoms with van der Waals surface area (Å²) >= 11 is 2.30. The van der Waals surface area contributed by atoms with Crippen molar-refractivity contribution in [3.8, 4) is 0 Å². The maximum Gasteiger partial charge on any atom is 0.0623 e. The topological polar surface area (TPSA) is 17.8 Å². The second-order valence-electron chi connectivity index (χ2n) is 3.82. The van der Waals surface area contributed by atoms with Crippen LogP contribution in [0.15, 0.2) is 12.4 Å². The molecule has 0 aromatic carbocycles. The van der Waals surface area contributed by atoms with E-state index in [1.54, 1.807) is 0 Å². The van der Waals surface area contributed by atoms with E-state index in [-0.39, 0.29) is 0 Å². The van der Waals surface area contributed by atoms with Gasteiger partial charge >= 0.3 is 0 Å². The van der Waals surface area contributed by atoms with Crippen molar-refractivity contribution in [2.45, 2.75) is 26.3 Å². The Morgan fingerprint density at radius 2 is 2.42 bits per heavy atom. The molecule has 0 bridgehead atoms. The zero-order chi connectivity index (χ0) is 8.55. The van der Waals surface area contributed by atoms with E-state index in [1.165, 1.54) is 16.4 Å². The fourth-order valence-electron chi connectivity index (χ4n) is 1.92. The largest absolute Gasteiger partial charge is 0.271 e. The van der Waals surface area contributed by atoms with E-state index in [2.05, 4.69) is 45.5 Å². The first-order valence-electron chi connectivity index (χ1n) is 4.42. The highest BCUT2D eigenvalue weighted by molar-refractivity contribution is 14.1. The van der Waals surface area contributed by atoms with Crippen LogP contribution in [0.4, 0.5) is 0 Å². The molecule has 0 atom stereocenters. The molecule has 12 heavy (non-hydrogen) atoms. The summed E-state index contributed by atoms with van der Waals surface area (Å²) in [6.07, 6.45) is 6.80. The Bertz CT molecular complexity index is 263. The molecule has 2 nitrogen and oxygen atoms in total. The average Bonchev–Trinajstić information content (AvgIpc) is 2.33. The van der Waals surface area contributed by atoms with Crippen molar-refractivity contribution >= 4 is 22.6 Å².